The molecule has 1 aromatic rings. The normalized spacial score (nSPS) is 17.4. The van der Waals surface area contributed by atoms with Crippen molar-refractivity contribution in [2.24, 2.45) is 0 Å². The summed E-state index contributed by atoms with van der Waals surface area (Å²) in [5, 5.41) is 9.12. The summed E-state index contributed by atoms with van der Waals surface area (Å²) in [4.78, 5) is 0.131. The molecule has 0 heterocycles. The van der Waals surface area contributed by atoms with Crippen LogP contribution in [-0.4, -0.2) is 26.7 Å². The van der Waals surface area contributed by atoms with E-state index in [1.807, 2.05) is 0 Å². The van der Waals surface area contributed by atoms with Crippen molar-refractivity contribution in [3.05, 3.63) is 23.8 Å². The third-order valence-corrected chi connectivity index (χ3v) is 5.44. The van der Waals surface area contributed by atoms with Crippen LogP contribution in [0.4, 0.5) is 0 Å². The summed E-state index contributed by atoms with van der Waals surface area (Å²) < 4.78 is 33.0. The van der Waals surface area contributed by atoms with Gasteiger partial charge in [-0.3, -0.25) is 0 Å². The lowest BCUT2D eigenvalue weighted by Gasteiger charge is -2.18. The second-order valence-electron chi connectivity index (χ2n) is 5.45. The maximum atomic E-state index is 12.5. The van der Waals surface area contributed by atoms with E-state index in [-0.39, 0.29) is 23.3 Å². The van der Waals surface area contributed by atoms with E-state index in [0.717, 1.165) is 25.7 Å². The summed E-state index contributed by atoms with van der Waals surface area (Å²) in [5.41, 5.74) is 0.625. The first-order valence-electron chi connectivity index (χ1n) is 7.37. The van der Waals surface area contributed by atoms with Crippen molar-refractivity contribution in [2.75, 3.05) is 7.11 Å². The number of hydrogen-bond donors (Lipinski definition) is 2. The zero-order valence-corrected chi connectivity index (χ0v) is 13.2. The average Bonchev–Trinajstić information content (AvgIpc) is 2.74. The van der Waals surface area contributed by atoms with Crippen LogP contribution in [0.1, 0.15) is 44.1 Å². The van der Waals surface area contributed by atoms with Gasteiger partial charge in [-0.2, -0.15) is 0 Å². The van der Waals surface area contributed by atoms with Gasteiger partial charge in [0.15, 0.2) is 0 Å². The Morgan fingerprint density at radius 3 is 2.48 bits per heavy atom. The van der Waals surface area contributed by atoms with Gasteiger partial charge in [0.25, 0.3) is 0 Å². The van der Waals surface area contributed by atoms with E-state index in [2.05, 4.69) is 4.72 Å². The molecule has 0 spiro atoms. The lowest BCUT2D eigenvalue weighted by molar-refractivity contribution is 0.280. The van der Waals surface area contributed by atoms with E-state index in [1.165, 1.54) is 26.0 Å². The summed E-state index contributed by atoms with van der Waals surface area (Å²) in [5.74, 6) is 0.266. The molecule has 2 rings (SSSR count). The van der Waals surface area contributed by atoms with E-state index in [4.69, 9.17) is 9.84 Å². The molecule has 0 unspecified atom stereocenters. The number of nitrogens with one attached hydrogen (secondary N) is 1. The monoisotopic (exact) mass is 313 g/mol. The van der Waals surface area contributed by atoms with Crippen LogP contribution in [-0.2, 0) is 16.6 Å². The molecule has 118 valence electrons. The molecule has 0 saturated heterocycles. The first kappa shape index (κ1) is 16.3. The highest BCUT2D eigenvalue weighted by Gasteiger charge is 2.24. The van der Waals surface area contributed by atoms with Gasteiger partial charge >= 0.3 is 0 Å². The van der Waals surface area contributed by atoms with Crippen LogP contribution in [0.3, 0.4) is 0 Å². The van der Waals surface area contributed by atoms with Crippen LogP contribution in [0.5, 0.6) is 5.75 Å². The van der Waals surface area contributed by atoms with Gasteiger partial charge in [-0.1, -0.05) is 31.7 Å². The van der Waals surface area contributed by atoms with Crippen LogP contribution >= 0.6 is 0 Å². The highest BCUT2D eigenvalue weighted by atomic mass is 32.2. The zero-order chi connectivity index (χ0) is 15.3. The van der Waals surface area contributed by atoms with E-state index in [1.54, 1.807) is 12.1 Å². The number of benzene rings is 1. The third-order valence-electron chi connectivity index (χ3n) is 3.88. The number of aliphatic hydroxyl groups excluding tert-OH is 1. The van der Waals surface area contributed by atoms with Crippen molar-refractivity contribution in [2.45, 2.75) is 56.1 Å². The Hall–Kier alpha value is -1.11. The second kappa shape index (κ2) is 7.24. The quantitative estimate of drug-likeness (QED) is 0.817. The molecule has 1 aliphatic carbocycles. The minimum absolute atomic E-state index is 0.000255. The number of ether oxygens (including phenoxy) is 1. The SMILES string of the molecule is COc1cc(CO)ccc1S(=O)(=O)NC1CCCCCC1. The molecule has 21 heavy (non-hydrogen) atoms. The van der Waals surface area contributed by atoms with Crippen LogP contribution < -0.4 is 9.46 Å². The predicted octanol–water partition coefficient (Wildman–Crippen LogP) is 2.19. The number of sulfonamides is 1. The number of aliphatic hydroxyl groups is 1. The minimum Gasteiger partial charge on any atom is -0.495 e. The Kier molecular flexibility index (Phi) is 5.61. The Bertz CT molecular complexity index is 563. The van der Waals surface area contributed by atoms with Gasteiger partial charge < -0.3 is 9.84 Å². The molecule has 5 nitrogen and oxygen atoms in total. The Morgan fingerprint density at radius 1 is 1.24 bits per heavy atom. The second-order valence-corrected chi connectivity index (χ2v) is 7.14. The molecule has 0 aromatic heterocycles. The van der Waals surface area contributed by atoms with E-state index >= 15 is 0 Å². The molecule has 6 heteroatoms. The molecular weight excluding hydrogens is 290 g/mol. The third kappa shape index (κ3) is 4.18. The fraction of sp³-hybridized carbons (Fsp3) is 0.600. The van der Waals surface area contributed by atoms with E-state index < -0.39 is 10.0 Å². The van der Waals surface area contributed by atoms with Crippen molar-refractivity contribution in [3.63, 3.8) is 0 Å². The van der Waals surface area contributed by atoms with Crippen molar-refractivity contribution in [3.8, 4) is 5.75 Å². The fourth-order valence-electron chi connectivity index (χ4n) is 2.71. The number of hydrogen-bond acceptors (Lipinski definition) is 4. The van der Waals surface area contributed by atoms with Gasteiger partial charge in [-0.05, 0) is 30.5 Å². The minimum atomic E-state index is -3.60. The van der Waals surface area contributed by atoms with Crippen molar-refractivity contribution in [1.29, 1.82) is 0 Å². The predicted molar refractivity (Wildman–Crippen MR) is 80.7 cm³/mol. The fourth-order valence-corrected chi connectivity index (χ4v) is 4.17. The molecule has 0 bridgehead atoms. The van der Waals surface area contributed by atoms with Crippen LogP contribution in [0.25, 0.3) is 0 Å². The molecule has 1 aliphatic rings. The van der Waals surface area contributed by atoms with Gasteiger partial charge in [0.05, 0.1) is 13.7 Å². The van der Waals surface area contributed by atoms with Crippen molar-refractivity contribution in [1.82, 2.24) is 4.72 Å². The van der Waals surface area contributed by atoms with Gasteiger partial charge in [-0.15, -0.1) is 0 Å². The van der Waals surface area contributed by atoms with E-state index in [0.29, 0.717) is 5.56 Å². The molecule has 1 saturated carbocycles. The Labute approximate surface area is 126 Å². The standard InChI is InChI=1S/C15H23NO4S/c1-20-14-10-12(11-17)8-9-15(14)21(18,19)16-13-6-4-2-3-5-7-13/h8-10,13,16-17H,2-7,11H2,1H3. The highest BCUT2D eigenvalue weighted by Crippen LogP contribution is 2.26. The van der Waals surface area contributed by atoms with Gasteiger partial charge in [0.1, 0.15) is 10.6 Å². The summed E-state index contributed by atoms with van der Waals surface area (Å²) in [6.07, 6.45) is 6.24. The van der Waals surface area contributed by atoms with E-state index in [9.17, 15) is 8.42 Å². The largest absolute Gasteiger partial charge is 0.495 e. The lowest BCUT2D eigenvalue weighted by atomic mass is 10.1. The maximum absolute atomic E-state index is 12.5. The molecule has 0 amide bonds. The molecule has 0 aliphatic heterocycles. The Morgan fingerprint density at radius 2 is 1.90 bits per heavy atom. The van der Waals surface area contributed by atoms with Crippen molar-refractivity contribution < 1.29 is 18.3 Å². The summed E-state index contributed by atoms with van der Waals surface area (Å²) in [6, 6.07) is 4.65. The smallest absolute Gasteiger partial charge is 0.244 e. The van der Waals surface area contributed by atoms with Crippen molar-refractivity contribution >= 4 is 10.0 Å². The first-order chi connectivity index (χ1) is 10.1. The van der Waals surface area contributed by atoms with Crippen LogP contribution in [0.2, 0.25) is 0 Å². The van der Waals surface area contributed by atoms with Gasteiger partial charge in [0, 0.05) is 6.04 Å². The highest BCUT2D eigenvalue weighted by molar-refractivity contribution is 7.89. The summed E-state index contributed by atoms with van der Waals surface area (Å²) in [6.45, 7) is -0.146. The van der Waals surface area contributed by atoms with Gasteiger partial charge in [0.2, 0.25) is 10.0 Å². The molecular formula is C15H23NO4S. The van der Waals surface area contributed by atoms with Gasteiger partial charge in [-0.25, -0.2) is 13.1 Å². The Balaban J connectivity index is 2.22. The van der Waals surface area contributed by atoms with Crippen LogP contribution in [0, 0.1) is 0 Å². The average molecular weight is 313 g/mol. The first-order valence-corrected chi connectivity index (χ1v) is 8.85. The molecule has 1 fully saturated rings. The number of rotatable bonds is 5. The maximum Gasteiger partial charge on any atom is 0.244 e. The zero-order valence-electron chi connectivity index (χ0n) is 12.3. The summed E-state index contributed by atoms with van der Waals surface area (Å²) in [7, 11) is -2.17. The molecule has 1 aromatic carbocycles. The molecule has 0 atom stereocenters. The molecule has 0 radical (unpaired) electrons. The molecule has 2 N–H and O–H groups in total. The topological polar surface area (TPSA) is 75.6 Å². The van der Waals surface area contributed by atoms with Crippen LogP contribution in [0.15, 0.2) is 23.1 Å². The summed E-state index contributed by atoms with van der Waals surface area (Å²) >= 11 is 0. The lowest BCUT2D eigenvalue weighted by Crippen LogP contribution is -2.34. The number of methoxy groups -OCH3 is 1.